The van der Waals surface area contributed by atoms with E-state index in [0.29, 0.717) is 5.56 Å². The van der Waals surface area contributed by atoms with Gasteiger partial charge in [0, 0.05) is 31.0 Å². The van der Waals surface area contributed by atoms with Crippen LogP contribution in [-0.4, -0.2) is 23.0 Å². The van der Waals surface area contributed by atoms with E-state index in [-0.39, 0.29) is 0 Å². The van der Waals surface area contributed by atoms with Crippen LogP contribution >= 0.6 is 0 Å². The number of hydrogen-bond donors (Lipinski definition) is 0. The van der Waals surface area contributed by atoms with Gasteiger partial charge in [0.2, 0.25) is 5.82 Å². The van der Waals surface area contributed by atoms with Gasteiger partial charge in [-0.15, -0.1) is 0 Å². The van der Waals surface area contributed by atoms with Crippen molar-refractivity contribution in [1.29, 1.82) is 0 Å². The van der Waals surface area contributed by atoms with Crippen LogP contribution in [0.25, 0.3) is 24.3 Å². The number of halogens is 1. The van der Waals surface area contributed by atoms with Crippen molar-refractivity contribution in [3.8, 4) is 0 Å². The fourth-order valence-corrected chi connectivity index (χ4v) is 6.51. The predicted molar refractivity (Wildman–Crippen MR) is 217 cm³/mol. The number of rotatable bonds is 28. The van der Waals surface area contributed by atoms with Crippen molar-refractivity contribution in [3.63, 3.8) is 0 Å². The van der Waals surface area contributed by atoms with Gasteiger partial charge >= 0.3 is 5.69 Å². The Labute approximate surface area is 308 Å². The topological polar surface area (TPSA) is 59.3 Å². The molecule has 0 radical (unpaired) electrons. The van der Waals surface area contributed by atoms with Crippen LogP contribution in [0, 0.1) is 15.9 Å². The molecule has 1 heterocycles. The van der Waals surface area contributed by atoms with Gasteiger partial charge in [0.25, 0.3) is 0 Å². The Morgan fingerprint density at radius 3 is 1.51 bits per heavy atom. The number of unbranched alkanes of at least 4 members (excludes halogenated alkanes) is 18. The summed E-state index contributed by atoms with van der Waals surface area (Å²) < 4.78 is 13.9. The second-order valence-corrected chi connectivity index (χ2v) is 14.1. The molecular formula is C45H64FN3O2. The summed E-state index contributed by atoms with van der Waals surface area (Å²) in [6.45, 7) is 6.84. The summed E-state index contributed by atoms with van der Waals surface area (Å²) in [6.07, 6.45) is 36.7. The van der Waals surface area contributed by atoms with Gasteiger partial charge in [-0.2, -0.15) is 4.39 Å². The van der Waals surface area contributed by atoms with E-state index < -0.39 is 16.4 Å². The molecule has 0 unspecified atom stereocenters. The molecule has 5 nitrogen and oxygen atoms in total. The summed E-state index contributed by atoms with van der Waals surface area (Å²) in [4.78, 5) is 17.2. The number of aromatic nitrogens is 1. The first-order valence-corrected chi connectivity index (χ1v) is 20.1. The Balaban J connectivity index is 1.48. The van der Waals surface area contributed by atoms with Gasteiger partial charge in [-0.3, -0.25) is 15.1 Å². The van der Waals surface area contributed by atoms with Crippen LogP contribution in [0.4, 0.5) is 15.8 Å². The third-order valence-corrected chi connectivity index (χ3v) is 9.71. The standard InChI is InChI=1S/C45H64FN3O2/c1-3-5-7-9-11-13-15-17-19-21-35-48(36-22-20-18-16-14-12-10-8-6-4-2)43-32-27-39(28-33-43)23-24-41-26-31-42(47-38-41)30-25-40-29-34-45(49(50)51)44(46)37-40/h23-34,37-38H,3-22,35-36H2,1-2H3. The number of anilines is 1. The van der Waals surface area contributed by atoms with E-state index in [4.69, 9.17) is 0 Å². The molecule has 0 saturated carbocycles. The zero-order valence-corrected chi connectivity index (χ0v) is 31.7. The molecule has 3 rings (SSSR count). The summed E-state index contributed by atoms with van der Waals surface area (Å²) in [5.41, 5.74) is 4.20. The highest BCUT2D eigenvalue weighted by atomic mass is 19.1. The van der Waals surface area contributed by atoms with Gasteiger partial charge in [0.1, 0.15) is 0 Å². The molecule has 0 atom stereocenters. The first-order valence-electron chi connectivity index (χ1n) is 20.1. The van der Waals surface area contributed by atoms with Crippen molar-refractivity contribution in [3.05, 3.63) is 99.1 Å². The number of nitro groups is 1. The Bertz CT molecular complexity index is 1390. The second kappa shape index (κ2) is 26.0. The van der Waals surface area contributed by atoms with Crippen molar-refractivity contribution in [2.24, 2.45) is 0 Å². The molecule has 3 aromatic rings. The van der Waals surface area contributed by atoms with E-state index in [2.05, 4.69) is 60.1 Å². The molecule has 0 spiro atoms. The van der Waals surface area contributed by atoms with Crippen LogP contribution in [0.5, 0.6) is 0 Å². The average Bonchev–Trinajstić information content (AvgIpc) is 3.14. The Morgan fingerprint density at radius 2 is 1.04 bits per heavy atom. The summed E-state index contributed by atoms with van der Waals surface area (Å²) in [5.74, 6) is -0.848. The lowest BCUT2D eigenvalue weighted by molar-refractivity contribution is -0.387. The number of pyridine rings is 1. The van der Waals surface area contributed by atoms with E-state index in [0.717, 1.165) is 36.0 Å². The summed E-state index contributed by atoms with van der Waals surface area (Å²) in [6, 6.07) is 16.7. The molecule has 6 heteroatoms. The van der Waals surface area contributed by atoms with E-state index in [9.17, 15) is 14.5 Å². The lowest BCUT2D eigenvalue weighted by atomic mass is 10.1. The van der Waals surface area contributed by atoms with Gasteiger partial charge in [-0.1, -0.05) is 166 Å². The molecule has 0 N–H and O–H groups in total. The molecular weight excluding hydrogens is 634 g/mol. The molecule has 51 heavy (non-hydrogen) atoms. The minimum Gasteiger partial charge on any atom is -0.372 e. The van der Waals surface area contributed by atoms with Gasteiger partial charge in [0.15, 0.2) is 0 Å². The Morgan fingerprint density at radius 1 is 0.588 bits per heavy atom. The van der Waals surface area contributed by atoms with Gasteiger partial charge in [0.05, 0.1) is 10.6 Å². The normalized spacial score (nSPS) is 11.6. The van der Waals surface area contributed by atoms with Gasteiger partial charge in [-0.05, 0) is 65.9 Å². The zero-order chi connectivity index (χ0) is 36.4. The minimum atomic E-state index is -0.848. The monoisotopic (exact) mass is 697 g/mol. The first-order chi connectivity index (χ1) is 25.0. The lowest BCUT2D eigenvalue weighted by Gasteiger charge is -2.25. The molecule has 2 aromatic carbocycles. The highest BCUT2D eigenvalue weighted by Crippen LogP contribution is 2.22. The van der Waals surface area contributed by atoms with Crippen molar-refractivity contribution >= 4 is 35.7 Å². The molecule has 0 fully saturated rings. The number of nitro benzene ring substituents is 1. The molecule has 1 aromatic heterocycles. The Hall–Kier alpha value is -3.80. The highest BCUT2D eigenvalue weighted by Gasteiger charge is 2.13. The summed E-state index contributed by atoms with van der Waals surface area (Å²) >= 11 is 0. The molecule has 0 aliphatic heterocycles. The van der Waals surface area contributed by atoms with Crippen LogP contribution in [0.3, 0.4) is 0 Å². The third-order valence-electron chi connectivity index (χ3n) is 9.71. The predicted octanol–water partition coefficient (Wildman–Crippen LogP) is 14.1. The largest absolute Gasteiger partial charge is 0.372 e. The van der Waals surface area contributed by atoms with E-state index in [1.54, 1.807) is 12.2 Å². The molecule has 0 bridgehead atoms. The van der Waals surface area contributed by atoms with Crippen molar-refractivity contribution < 1.29 is 9.31 Å². The molecule has 0 aliphatic rings. The fourth-order valence-electron chi connectivity index (χ4n) is 6.51. The third kappa shape index (κ3) is 17.8. The smallest absolute Gasteiger partial charge is 0.304 e. The summed E-state index contributed by atoms with van der Waals surface area (Å²) in [7, 11) is 0. The number of hydrogen-bond acceptors (Lipinski definition) is 4. The van der Waals surface area contributed by atoms with Crippen molar-refractivity contribution in [2.75, 3.05) is 18.0 Å². The molecule has 0 aliphatic carbocycles. The van der Waals surface area contributed by atoms with Gasteiger partial charge < -0.3 is 4.90 Å². The van der Waals surface area contributed by atoms with E-state index >= 15 is 0 Å². The molecule has 0 saturated heterocycles. The summed E-state index contributed by atoms with van der Waals surface area (Å²) in [5, 5.41) is 10.8. The van der Waals surface area contributed by atoms with Crippen LogP contribution in [0.1, 0.15) is 165 Å². The number of benzene rings is 2. The average molecular weight is 698 g/mol. The minimum absolute atomic E-state index is 0.526. The van der Waals surface area contributed by atoms with Crippen molar-refractivity contribution in [1.82, 2.24) is 4.98 Å². The van der Waals surface area contributed by atoms with Crippen LogP contribution < -0.4 is 4.90 Å². The first kappa shape index (κ1) is 41.6. The highest BCUT2D eigenvalue weighted by molar-refractivity contribution is 5.72. The van der Waals surface area contributed by atoms with Crippen LogP contribution in [0.15, 0.2) is 60.8 Å². The lowest BCUT2D eigenvalue weighted by Crippen LogP contribution is -2.25. The maximum Gasteiger partial charge on any atom is 0.304 e. The number of nitrogens with zero attached hydrogens (tertiary/aromatic N) is 3. The maximum atomic E-state index is 13.9. The maximum absolute atomic E-state index is 13.9. The second-order valence-electron chi connectivity index (χ2n) is 14.1. The van der Waals surface area contributed by atoms with E-state index in [1.807, 2.05) is 18.3 Å². The quantitative estimate of drug-likeness (QED) is 0.0430. The molecule has 278 valence electrons. The van der Waals surface area contributed by atoms with Gasteiger partial charge in [-0.25, -0.2) is 0 Å². The van der Waals surface area contributed by atoms with Crippen LogP contribution in [0.2, 0.25) is 0 Å². The van der Waals surface area contributed by atoms with E-state index in [1.165, 1.54) is 146 Å². The van der Waals surface area contributed by atoms with Crippen molar-refractivity contribution in [2.45, 2.75) is 142 Å². The fraction of sp³-hybridized carbons (Fsp3) is 0.533. The Kier molecular flexibility index (Phi) is 21.3. The SMILES string of the molecule is CCCCCCCCCCCCN(CCCCCCCCCCCC)c1ccc(C=Cc2ccc(C=Cc3ccc([N+](=O)[O-])c(F)c3)nc2)cc1. The zero-order valence-electron chi connectivity index (χ0n) is 31.7. The van der Waals surface area contributed by atoms with Crippen LogP contribution in [-0.2, 0) is 0 Å². The molecule has 0 amide bonds.